The van der Waals surface area contributed by atoms with E-state index in [1.807, 2.05) is 30.3 Å². The van der Waals surface area contributed by atoms with Crippen molar-refractivity contribution in [2.24, 2.45) is 5.10 Å². The molecule has 3 N–H and O–H groups in total. The van der Waals surface area contributed by atoms with Crippen LogP contribution in [0.15, 0.2) is 71.8 Å². The van der Waals surface area contributed by atoms with Gasteiger partial charge in [0.25, 0.3) is 11.8 Å². The smallest absolute Gasteiger partial charge is 0.262 e. The van der Waals surface area contributed by atoms with Crippen molar-refractivity contribution in [3.8, 4) is 11.5 Å². The Morgan fingerprint density at radius 2 is 1.69 bits per heavy atom. The minimum Gasteiger partial charge on any atom is -0.507 e. The maximum Gasteiger partial charge on any atom is 0.262 e. The fraction of sp³-hybridized carbons (Fsp3) is 0.160. The first-order valence-electron chi connectivity index (χ1n) is 10.5. The molecule has 2 atom stereocenters. The minimum atomic E-state index is -0.957. The normalized spacial score (nSPS) is 12.7. The maximum atomic E-state index is 12.9. The van der Waals surface area contributed by atoms with Gasteiger partial charge >= 0.3 is 0 Å². The van der Waals surface area contributed by atoms with Gasteiger partial charge < -0.3 is 15.2 Å². The number of nitrogens with one attached hydrogen (secondary N) is 2. The van der Waals surface area contributed by atoms with Crippen LogP contribution in [0.5, 0.6) is 11.5 Å². The van der Waals surface area contributed by atoms with Gasteiger partial charge in [-0.05, 0) is 48.9 Å². The molecule has 10 heteroatoms. The lowest BCUT2D eigenvalue weighted by atomic mass is 10.1. The fourth-order valence-electron chi connectivity index (χ4n) is 3.04. The molecule has 0 aromatic heterocycles. The van der Waals surface area contributed by atoms with Crippen LogP contribution in [0.2, 0.25) is 15.1 Å². The Morgan fingerprint density at radius 3 is 2.40 bits per heavy atom. The summed E-state index contributed by atoms with van der Waals surface area (Å²) < 4.78 is 5.65. The standard InChI is InChI=1S/C25H22Cl3N3O4/c1-15(35-23-10-8-19(27)13-20(23)28)24(33)30-21(11-16-5-3-2-4-6-16)25(34)31-29-14-17-12-18(26)7-9-22(17)32/h2-10,12-15,21,32H,11H2,1H3,(H,30,33)(H,31,34)/b29-14-/t15-,21-/m1/s1. The van der Waals surface area contributed by atoms with Gasteiger partial charge in [-0.15, -0.1) is 0 Å². The molecule has 0 aliphatic heterocycles. The number of hydrogen-bond acceptors (Lipinski definition) is 5. The Balaban J connectivity index is 1.70. The fourth-order valence-corrected chi connectivity index (χ4v) is 3.67. The Hall–Kier alpha value is -3.26. The van der Waals surface area contributed by atoms with Gasteiger partial charge in [0.1, 0.15) is 17.5 Å². The third kappa shape index (κ3) is 7.89. The lowest BCUT2D eigenvalue weighted by Crippen LogP contribution is -2.50. The van der Waals surface area contributed by atoms with E-state index in [-0.39, 0.29) is 22.9 Å². The SMILES string of the molecule is C[C@@H](Oc1ccc(Cl)cc1Cl)C(=O)N[C@H](Cc1ccccc1)C(=O)N/N=C\c1cc(Cl)ccc1O. The van der Waals surface area contributed by atoms with Gasteiger partial charge in [0.05, 0.1) is 11.2 Å². The van der Waals surface area contributed by atoms with Crippen LogP contribution < -0.4 is 15.5 Å². The van der Waals surface area contributed by atoms with Crippen molar-refractivity contribution in [1.29, 1.82) is 0 Å². The van der Waals surface area contributed by atoms with Crippen molar-refractivity contribution >= 4 is 52.8 Å². The molecule has 7 nitrogen and oxygen atoms in total. The van der Waals surface area contributed by atoms with Crippen LogP contribution in [0.1, 0.15) is 18.1 Å². The lowest BCUT2D eigenvalue weighted by Gasteiger charge is -2.21. The molecule has 0 aliphatic carbocycles. The minimum absolute atomic E-state index is 0.0478. The summed E-state index contributed by atoms with van der Waals surface area (Å²) in [7, 11) is 0. The van der Waals surface area contributed by atoms with Gasteiger partial charge in [-0.25, -0.2) is 5.43 Å². The maximum absolute atomic E-state index is 12.9. The molecular formula is C25H22Cl3N3O4. The molecule has 182 valence electrons. The van der Waals surface area contributed by atoms with E-state index in [0.717, 1.165) is 5.56 Å². The zero-order valence-corrected chi connectivity index (χ0v) is 20.8. The number of ether oxygens (including phenoxy) is 1. The summed E-state index contributed by atoms with van der Waals surface area (Å²) in [4.78, 5) is 25.7. The number of phenols is 1. The molecule has 0 fully saturated rings. The molecule has 0 unspecified atom stereocenters. The highest BCUT2D eigenvalue weighted by molar-refractivity contribution is 6.35. The van der Waals surface area contributed by atoms with Gasteiger partial charge in [0, 0.05) is 22.0 Å². The number of carbonyl (C=O) groups excluding carboxylic acids is 2. The average molecular weight is 535 g/mol. The summed E-state index contributed by atoms with van der Waals surface area (Å²) in [6.07, 6.45) is 0.520. The van der Waals surface area contributed by atoms with E-state index in [1.54, 1.807) is 12.1 Å². The first-order chi connectivity index (χ1) is 16.7. The molecule has 0 radical (unpaired) electrons. The number of aromatic hydroxyl groups is 1. The second-order valence-corrected chi connectivity index (χ2v) is 8.80. The molecule has 3 aromatic carbocycles. The molecule has 35 heavy (non-hydrogen) atoms. The molecule has 0 saturated carbocycles. The van der Waals surface area contributed by atoms with E-state index >= 15 is 0 Å². The van der Waals surface area contributed by atoms with Gasteiger partial charge in [-0.1, -0.05) is 65.1 Å². The Bertz CT molecular complexity index is 1220. The Morgan fingerprint density at radius 1 is 1.00 bits per heavy atom. The van der Waals surface area contributed by atoms with Crippen molar-refractivity contribution in [2.45, 2.75) is 25.5 Å². The molecule has 3 aromatic rings. The molecule has 0 spiro atoms. The number of benzene rings is 3. The van der Waals surface area contributed by atoms with E-state index in [1.165, 1.54) is 37.4 Å². The van der Waals surface area contributed by atoms with E-state index in [4.69, 9.17) is 39.5 Å². The van der Waals surface area contributed by atoms with Crippen molar-refractivity contribution in [1.82, 2.24) is 10.7 Å². The van der Waals surface area contributed by atoms with Crippen molar-refractivity contribution in [3.05, 3.63) is 92.9 Å². The number of phenolic OH excluding ortho intramolecular Hbond substituents is 1. The Labute approximate surface area is 217 Å². The van der Waals surface area contributed by atoms with Crippen molar-refractivity contribution in [2.75, 3.05) is 0 Å². The summed E-state index contributed by atoms with van der Waals surface area (Å²) in [6.45, 7) is 1.54. The van der Waals surface area contributed by atoms with E-state index < -0.39 is 24.0 Å². The third-order valence-corrected chi connectivity index (χ3v) is 5.62. The molecule has 0 aliphatic rings. The number of amides is 2. The third-order valence-electron chi connectivity index (χ3n) is 4.85. The number of hydrogen-bond donors (Lipinski definition) is 3. The van der Waals surface area contributed by atoms with Crippen LogP contribution in [0.4, 0.5) is 0 Å². The van der Waals surface area contributed by atoms with Gasteiger partial charge in [-0.2, -0.15) is 5.10 Å². The molecule has 2 amide bonds. The van der Waals surface area contributed by atoms with Crippen molar-refractivity contribution < 1.29 is 19.4 Å². The number of carbonyl (C=O) groups is 2. The second kappa shape index (κ2) is 12.4. The number of nitrogens with zero attached hydrogens (tertiary/aromatic N) is 1. The monoisotopic (exact) mass is 533 g/mol. The molecule has 3 rings (SSSR count). The first-order valence-corrected chi connectivity index (χ1v) is 11.6. The summed E-state index contributed by atoms with van der Waals surface area (Å²) in [5.74, 6) is -0.845. The zero-order chi connectivity index (χ0) is 25.4. The molecular weight excluding hydrogens is 513 g/mol. The summed E-state index contributed by atoms with van der Waals surface area (Å²) in [5, 5.41) is 17.6. The van der Waals surface area contributed by atoms with Gasteiger partial charge in [0.15, 0.2) is 6.10 Å². The first kappa shape index (κ1) is 26.3. The topological polar surface area (TPSA) is 100 Å². The highest BCUT2D eigenvalue weighted by Gasteiger charge is 2.25. The van der Waals surface area contributed by atoms with Gasteiger partial charge in [0.2, 0.25) is 0 Å². The predicted molar refractivity (Wildman–Crippen MR) is 137 cm³/mol. The van der Waals surface area contributed by atoms with Crippen LogP contribution in [0.3, 0.4) is 0 Å². The van der Waals surface area contributed by atoms with E-state index in [2.05, 4.69) is 15.8 Å². The summed E-state index contributed by atoms with van der Waals surface area (Å²) in [6, 6.07) is 17.3. The molecule has 0 bridgehead atoms. The van der Waals surface area contributed by atoms with Crippen LogP contribution in [-0.4, -0.2) is 35.3 Å². The van der Waals surface area contributed by atoms with Crippen LogP contribution in [0, 0.1) is 0 Å². The predicted octanol–water partition coefficient (Wildman–Crippen LogP) is 5.00. The summed E-state index contributed by atoms with van der Waals surface area (Å²) >= 11 is 17.9. The second-order valence-electron chi connectivity index (χ2n) is 7.52. The molecule has 0 saturated heterocycles. The largest absolute Gasteiger partial charge is 0.507 e. The highest BCUT2D eigenvalue weighted by atomic mass is 35.5. The zero-order valence-electron chi connectivity index (χ0n) is 18.5. The highest BCUT2D eigenvalue weighted by Crippen LogP contribution is 2.28. The van der Waals surface area contributed by atoms with Crippen LogP contribution in [0.25, 0.3) is 0 Å². The van der Waals surface area contributed by atoms with Crippen LogP contribution >= 0.6 is 34.8 Å². The quantitative estimate of drug-likeness (QED) is 0.266. The van der Waals surface area contributed by atoms with Gasteiger partial charge in [-0.3, -0.25) is 9.59 Å². The summed E-state index contributed by atoms with van der Waals surface area (Å²) in [5.41, 5.74) is 3.55. The average Bonchev–Trinajstić information content (AvgIpc) is 2.83. The van der Waals surface area contributed by atoms with Crippen molar-refractivity contribution in [3.63, 3.8) is 0 Å². The Kier molecular flexibility index (Phi) is 9.37. The lowest BCUT2D eigenvalue weighted by molar-refractivity contribution is -0.132. The van der Waals surface area contributed by atoms with E-state index in [0.29, 0.717) is 15.6 Å². The van der Waals surface area contributed by atoms with E-state index in [9.17, 15) is 14.7 Å². The number of hydrazone groups is 1. The van der Waals surface area contributed by atoms with Crippen LogP contribution in [-0.2, 0) is 16.0 Å². The number of halogens is 3. The molecule has 0 heterocycles. The number of rotatable bonds is 9.